The summed E-state index contributed by atoms with van der Waals surface area (Å²) < 4.78 is 10.9. The second-order valence-electron chi connectivity index (χ2n) is 4.23. The minimum atomic E-state index is -0.518. The van der Waals surface area contributed by atoms with Gasteiger partial charge in [0.15, 0.2) is 0 Å². The van der Waals surface area contributed by atoms with Gasteiger partial charge < -0.3 is 9.47 Å². The van der Waals surface area contributed by atoms with E-state index in [4.69, 9.17) is 9.47 Å². The number of esters is 1. The lowest BCUT2D eigenvalue weighted by molar-refractivity contribution is -0.160. The molecule has 0 aliphatic carbocycles. The van der Waals surface area contributed by atoms with Gasteiger partial charge in [-0.2, -0.15) is 0 Å². The quantitative estimate of drug-likeness (QED) is 0.502. The molecular weight excluding hydrogens is 180 g/mol. The molecule has 0 aromatic heterocycles. The number of ether oxygens (including phenoxy) is 2. The van der Waals surface area contributed by atoms with E-state index in [0.717, 1.165) is 0 Å². The van der Waals surface area contributed by atoms with E-state index in [1.165, 1.54) is 0 Å². The van der Waals surface area contributed by atoms with Crippen LogP contribution in [0.15, 0.2) is 12.2 Å². The van der Waals surface area contributed by atoms with E-state index >= 15 is 0 Å². The topological polar surface area (TPSA) is 35.5 Å². The summed E-state index contributed by atoms with van der Waals surface area (Å²) in [6, 6.07) is 0. The monoisotopic (exact) mass is 198 g/mol. The van der Waals surface area contributed by atoms with Crippen molar-refractivity contribution in [3.8, 4) is 0 Å². The van der Waals surface area contributed by atoms with E-state index < -0.39 is 5.60 Å². The first-order valence-electron chi connectivity index (χ1n) is 4.88. The van der Waals surface area contributed by atoms with Crippen molar-refractivity contribution in [2.24, 2.45) is 5.92 Å². The fourth-order valence-corrected chi connectivity index (χ4v) is 1.49. The second-order valence-corrected chi connectivity index (χ2v) is 4.23. The molecule has 3 heteroatoms. The molecule has 3 unspecified atom stereocenters. The Hall–Kier alpha value is -0.830. The minimum Gasteiger partial charge on any atom is -0.453 e. The van der Waals surface area contributed by atoms with Crippen LogP contribution in [0.5, 0.6) is 0 Å². The smallest absolute Gasteiger partial charge is 0.333 e. The van der Waals surface area contributed by atoms with Crippen LogP contribution in [-0.4, -0.2) is 24.3 Å². The van der Waals surface area contributed by atoms with Crippen molar-refractivity contribution in [2.75, 3.05) is 6.61 Å². The van der Waals surface area contributed by atoms with E-state index in [-0.39, 0.29) is 18.0 Å². The van der Waals surface area contributed by atoms with Crippen LogP contribution in [0, 0.1) is 5.92 Å². The predicted octanol–water partition coefficient (Wildman–Crippen LogP) is 1.92. The van der Waals surface area contributed by atoms with Gasteiger partial charge in [-0.1, -0.05) is 13.5 Å². The SMILES string of the molecule is C=C(C)C(=O)OC1(C)C(C)COC1C. The molecule has 0 amide bonds. The fourth-order valence-electron chi connectivity index (χ4n) is 1.49. The highest BCUT2D eigenvalue weighted by molar-refractivity contribution is 5.87. The molecule has 0 aromatic carbocycles. The second kappa shape index (κ2) is 3.73. The molecule has 0 spiro atoms. The number of carbonyl (C=O) groups excluding carboxylic acids is 1. The summed E-state index contributed by atoms with van der Waals surface area (Å²) in [6.45, 7) is 11.7. The molecule has 0 bridgehead atoms. The summed E-state index contributed by atoms with van der Waals surface area (Å²) in [5.74, 6) is -0.113. The zero-order valence-electron chi connectivity index (χ0n) is 9.29. The molecule has 1 saturated heterocycles. The molecule has 3 nitrogen and oxygen atoms in total. The van der Waals surface area contributed by atoms with Crippen molar-refractivity contribution in [3.05, 3.63) is 12.2 Å². The maximum Gasteiger partial charge on any atom is 0.333 e. The maximum absolute atomic E-state index is 11.4. The van der Waals surface area contributed by atoms with Crippen LogP contribution in [0.2, 0.25) is 0 Å². The van der Waals surface area contributed by atoms with Crippen LogP contribution in [0.3, 0.4) is 0 Å². The number of rotatable bonds is 2. The van der Waals surface area contributed by atoms with Gasteiger partial charge in [-0.15, -0.1) is 0 Å². The molecule has 0 saturated carbocycles. The standard InChI is InChI=1S/C11H18O3/c1-7(2)10(12)14-11(5)8(3)6-13-9(11)4/h8-9H,1,6H2,2-5H3. The van der Waals surface area contributed by atoms with E-state index in [9.17, 15) is 4.79 Å². The van der Waals surface area contributed by atoms with Gasteiger partial charge in [0.25, 0.3) is 0 Å². The molecule has 1 aliphatic heterocycles. The lowest BCUT2D eigenvalue weighted by Gasteiger charge is -2.31. The highest BCUT2D eigenvalue weighted by atomic mass is 16.6. The zero-order chi connectivity index (χ0) is 10.9. The van der Waals surface area contributed by atoms with E-state index in [1.54, 1.807) is 6.92 Å². The summed E-state index contributed by atoms with van der Waals surface area (Å²) in [6.07, 6.45) is -0.0548. The summed E-state index contributed by atoms with van der Waals surface area (Å²) in [4.78, 5) is 11.4. The summed E-state index contributed by atoms with van der Waals surface area (Å²) >= 11 is 0. The van der Waals surface area contributed by atoms with Crippen molar-refractivity contribution in [3.63, 3.8) is 0 Å². The fraction of sp³-hybridized carbons (Fsp3) is 0.727. The Balaban J connectivity index is 2.74. The summed E-state index contributed by atoms with van der Waals surface area (Å²) in [5.41, 5.74) is -0.0896. The van der Waals surface area contributed by atoms with E-state index in [1.807, 2.05) is 20.8 Å². The molecule has 14 heavy (non-hydrogen) atoms. The summed E-state index contributed by atoms with van der Waals surface area (Å²) in [7, 11) is 0. The Labute approximate surface area is 85.1 Å². The number of hydrogen-bond acceptors (Lipinski definition) is 3. The lowest BCUT2D eigenvalue weighted by Crippen LogP contribution is -2.43. The van der Waals surface area contributed by atoms with Gasteiger partial charge in [-0.25, -0.2) is 4.79 Å². The molecule has 0 aromatic rings. The molecule has 1 rings (SSSR count). The normalized spacial score (nSPS) is 36.9. The minimum absolute atomic E-state index is 0.0548. The van der Waals surface area contributed by atoms with Crippen LogP contribution >= 0.6 is 0 Å². The maximum atomic E-state index is 11.4. The molecule has 0 radical (unpaired) electrons. The number of carbonyl (C=O) groups is 1. The van der Waals surface area contributed by atoms with Gasteiger partial charge >= 0.3 is 5.97 Å². The third-order valence-electron chi connectivity index (χ3n) is 3.04. The highest BCUT2D eigenvalue weighted by Gasteiger charge is 2.46. The van der Waals surface area contributed by atoms with Crippen molar-refractivity contribution in [1.82, 2.24) is 0 Å². The molecule has 3 atom stereocenters. The van der Waals surface area contributed by atoms with Gasteiger partial charge in [0.05, 0.1) is 12.7 Å². The molecule has 1 aliphatic rings. The Morgan fingerprint density at radius 3 is 2.50 bits per heavy atom. The van der Waals surface area contributed by atoms with Crippen LogP contribution in [-0.2, 0) is 14.3 Å². The average Bonchev–Trinajstić information content (AvgIpc) is 2.33. The highest BCUT2D eigenvalue weighted by Crippen LogP contribution is 2.34. The molecule has 80 valence electrons. The Morgan fingerprint density at radius 1 is 1.57 bits per heavy atom. The lowest BCUT2D eigenvalue weighted by atomic mass is 9.89. The zero-order valence-corrected chi connectivity index (χ0v) is 9.29. The Bertz CT molecular complexity index is 247. The van der Waals surface area contributed by atoms with E-state index in [0.29, 0.717) is 12.2 Å². The Kier molecular flexibility index (Phi) is 3.00. The first kappa shape index (κ1) is 11.2. The van der Waals surface area contributed by atoms with Crippen LogP contribution in [0.25, 0.3) is 0 Å². The van der Waals surface area contributed by atoms with E-state index in [2.05, 4.69) is 6.58 Å². The third-order valence-corrected chi connectivity index (χ3v) is 3.04. The average molecular weight is 198 g/mol. The van der Waals surface area contributed by atoms with Gasteiger partial charge in [0.2, 0.25) is 0 Å². The molecular formula is C11H18O3. The van der Waals surface area contributed by atoms with Gasteiger partial charge in [0.1, 0.15) is 5.60 Å². The van der Waals surface area contributed by atoms with Crippen molar-refractivity contribution < 1.29 is 14.3 Å². The van der Waals surface area contributed by atoms with Gasteiger partial charge in [-0.05, 0) is 20.8 Å². The van der Waals surface area contributed by atoms with Crippen LogP contribution < -0.4 is 0 Å². The largest absolute Gasteiger partial charge is 0.453 e. The predicted molar refractivity (Wildman–Crippen MR) is 53.9 cm³/mol. The molecule has 0 N–H and O–H groups in total. The summed E-state index contributed by atoms with van der Waals surface area (Å²) in [5, 5.41) is 0. The van der Waals surface area contributed by atoms with Crippen molar-refractivity contribution in [2.45, 2.75) is 39.4 Å². The molecule has 1 heterocycles. The van der Waals surface area contributed by atoms with Gasteiger partial charge in [0, 0.05) is 11.5 Å². The first-order valence-corrected chi connectivity index (χ1v) is 4.88. The first-order chi connectivity index (χ1) is 6.38. The molecule has 1 fully saturated rings. The Morgan fingerprint density at radius 2 is 2.14 bits per heavy atom. The van der Waals surface area contributed by atoms with Crippen molar-refractivity contribution >= 4 is 5.97 Å². The van der Waals surface area contributed by atoms with Crippen LogP contribution in [0.4, 0.5) is 0 Å². The van der Waals surface area contributed by atoms with Crippen LogP contribution in [0.1, 0.15) is 27.7 Å². The van der Waals surface area contributed by atoms with Gasteiger partial charge in [-0.3, -0.25) is 0 Å². The number of hydrogen-bond donors (Lipinski definition) is 0. The van der Waals surface area contributed by atoms with Crippen molar-refractivity contribution in [1.29, 1.82) is 0 Å². The third kappa shape index (κ3) is 1.82.